The molecule has 0 N–H and O–H groups in total. The molecular formula is C20H31BrO2. The van der Waals surface area contributed by atoms with Crippen LogP contribution in [0.2, 0.25) is 0 Å². The molecule has 0 aliphatic heterocycles. The highest BCUT2D eigenvalue weighted by molar-refractivity contribution is 9.10. The molecule has 0 heterocycles. The van der Waals surface area contributed by atoms with Crippen molar-refractivity contribution in [3.05, 3.63) is 34.3 Å². The number of halogens is 1. The summed E-state index contributed by atoms with van der Waals surface area (Å²) in [6.45, 7) is 4.42. The van der Waals surface area contributed by atoms with Crippen LogP contribution < -0.4 is 0 Å². The van der Waals surface area contributed by atoms with Crippen molar-refractivity contribution in [2.75, 3.05) is 0 Å². The maximum atomic E-state index is 12.3. The lowest BCUT2D eigenvalue weighted by Gasteiger charge is -2.18. The second-order valence-corrected chi connectivity index (χ2v) is 7.15. The maximum absolute atomic E-state index is 12.3. The van der Waals surface area contributed by atoms with Crippen LogP contribution in [0.25, 0.3) is 0 Å². The van der Waals surface area contributed by atoms with Gasteiger partial charge in [0.15, 0.2) is 0 Å². The SMILES string of the molecule is CCCCCCCCC(CCCC)OC(=O)c1ccc(Br)cc1. The van der Waals surface area contributed by atoms with E-state index < -0.39 is 0 Å². The molecule has 23 heavy (non-hydrogen) atoms. The average Bonchev–Trinajstić information content (AvgIpc) is 2.56. The van der Waals surface area contributed by atoms with Crippen LogP contribution in [-0.2, 0) is 4.74 Å². The first kappa shape index (κ1) is 20.2. The van der Waals surface area contributed by atoms with E-state index in [1.807, 2.05) is 24.3 Å². The zero-order valence-electron chi connectivity index (χ0n) is 14.7. The van der Waals surface area contributed by atoms with Crippen LogP contribution in [0.15, 0.2) is 28.7 Å². The number of hydrogen-bond donors (Lipinski definition) is 0. The van der Waals surface area contributed by atoms with Gasteiger partial charge >= 0.3 is 5.97 Å². The molecule has 0 aliphatic carbocycles. The van der Waals surface area contributed by atoms with E-state index in [9.17, 15) is 4.79 Å². The third kappa shape index (κ3) is 9.14. The Labute approximate surface area is 150 Å². The maximum Gasteiger partial charge on any atom is 0.338 e. The summed E-state index contributed by atoms with van der Waals surface area (Å²) < 4.78 is 6.73. The summed E-state index contributed by atoms with van der Waals surface area (Å²) in [5.74, 6) is -0.190. The van der Waals surface area contributed by atoms with Crippen molar-refractivity contribution < 1.29 is 9.53 Å². The van der Waals surface area contributed by atoms with Gasteiger partial charge in [0.25, 0.3) is 0 Å². The smallest absolute Gasteiger partial charge is 0.338 e. The van der Waals surface area contributed by atoms with Gasteiger partial charge in [-0.05, 0) is 43.5 Å². The quantitative estimate of drug-likeness (QED) is 0.289. The van der Waals surface area contributed by atoms with Crippen molar-refractivity contribution in [2.45, 2.75) is 84.2 Å². The molecule has 0 radical (unpaired) electrons. The van der Waals surface area contributed by atoms with Gasteiger partial charge in [0.1, 0.15) is 6.10 Å². The number of rotatable bonds is 12. The summed E-state index contributed by atoms with van der Waals surface area (Å²) >= 11 is 3.39. The number of carbonyl (C=O) groups is 1. The van der Waals surface area contributed by atoms with E-state index in [-0.39, 0.29) is 12.1 Å². The lowest BCUT2D eigenvalue weighted by atomic mass is 10.0. The Morgan fingerprint density at radius 2 is 1.48 bits per heavy atom. The molecule has 0 aromatic heterocycles. The summed E-state index contributed by atoms with van der Waals surface area (Å²) in [5, 5.41) is 0. The van der Waals surface area contributed by atoms with Crippen molar-refractivity contribution in [2.24, 2.45) is 0 Å². The topological polar surface area (TPSA) is 26.3 Å². The third-order valence-electron chi connectivity index (χ3n) is 4.11. The Bertz CT molecular complexity index is 428. The summed E-state index contributed by atoms with van der Waals surface area (Å²) in [6.07, 6.45) is 12.0. The lowest BCUT2D eigenvalue weighted by Crippen LogP contribution is -2.18. The molecule has 1 aromatic rings. The summed E-state index contributed by atoms with van der Waals surface area (Å²) in [4.78, 5) is 12.3. The monoisotopic (exact) mass is 382 g/mol. The molecule has 0 amide bonds. The van der Waals surface area contributed by atoms with Gasteiger partial charge in [-0.3, -0.25) is 0 Å². The molecule has 0 saturated carbocycles. The molecule has 0 saturated heterocycles. The van der Waals surface area contributed by atoms with E-state index in [1.54, 1.807) is 0 Å². The Balaban J connectivity index is 2.40. The summed E-state index contributed by atoms with van der Waals surface area (Å²) in [5.41, 5.74) is 0.637. The van der Waals surface area contributed by atoms with Gasteiger partial charge < -0.3 is 4.74 Å². The minimum atomic E-state index is -0.190. The molecule has 1 aromatic carbocycles. The van der Waals surface area contributed by atoms with Gasteiger partial charge in [0, 0.05) is 4.47 Å². The van der Waals surface area contributed by atoms with Crippen molar-refractivity contribution in [1.82, 2.24) is 0 Å². The molecule has 1 unspecified atom stereocenters. The normalized spacial score (nSPS) is 12.1. The van der Waals surface area contributed by atoms with Crippen LogP contribution in [0.3, 0.4) is 0 Å². The molecule has 1 rings (SSSR count). The third-order valence-corrected chi connectivity index (χ3v) is 4.64. The Morgan fingerprint density at radius 3 is 2.13 bits per heavy atom. The lowest BCUT2D eigenvalue weighted by molar-refractivity contribution is 0.0250. The average molecular weight is 383 g/mol. The van der Waals surface area contributed by atoms with E-state index in [0.717, 1.165) is 36.6 Å². The van der Waals surface area contributed by atoms with Crippen molar-refractivity contribution in [3.8, 4) is 0 Å². The number of ether oxygens (including phenoxy) is 1. The van der Waals surface area contributed by atoms with Crippen LogP contribution in [-0.4, -0.2) is 12.1 Å². The van der Waals surface area contributed by atoms with Crippen LogP contribution in [0, 0.1) is 0 Å². The fourth-order valence-corrected chi connectivity index (χ4v) is 2.92. The first-order chi connectivity index (χ1) is 11.2. The van der Waals surface area contributed by atoms with Gasteiger partial charge in [-0.15, -0.1) is 0 Å². The van der Waals surface area contributed by atoms with Gasteiger partial charge in [0.05, 0.1) is 5.56 Å². The molecule has 2 nitrogen and oxygen atoms in total. The molecule has 130 valence electrons. The van der Waals surface area contributed by atoms with Crippen LogP contribution in [0.1, 0.15) is 88.4 Å². The van der Waals surface area contributed by atoms with Crippen molar-refractivity contribution in [3.63, 3.8) is 0 Å². The first-order valence-corrected chi connectivity index (χ1v) is 9.93. The van der Waals surface area contributed by atoms with Gasteiger partial charge in [0.2, 0.25) is 0 Å². The molecule has 0 fully saturated rings. The fraction of sp³-hybridized carbons (Fsp3) is 0.650. The van der Waals surface area contributed by atoms with Gasteiger partial charge in [-0.2, -0.15) is 0 Å². The van der Waals surface area contributed by atoms with E-state index in [2.05, 4.69) is 29.8 Å². The number of carbonyl (C=O) groups excluding carboxylic acids is 1. The summed E-state index contributed by atoms with van der Waals surface area (Å²) in [7, 11) is 0. The molecule has 0 bridgehead atoms. The minimum absolute atomic E-state index is 0.0669. The molecular weight excluding hydrogens is 352 g/mol. The molecule has 3 heteroatoms. The highest BCUT2D eigenvalue weighted by Gasteiger charge is 2.15. The van der Waals surface area contributed by atoms with Crippen LogP contribution in [0.4, 0.5) is 0 Å². The number of unbranched alkanes of at least 4 members (excludes halogenated alkanes) is 6. The van der Waals surface area contributed by atoms with E-state index >= 15 is 0 Å². The Kier molecular flexibility index (Phi) is 11.1. The van der Waals surface area contributed by atoms with E-state index in [4.69, 9.17) is 4.74 Å². The largest absolute Gasteiger partial charge is 0.459 e. The predicted molar refractivity (Wildman–Crippen MR) is 101 cm³/mol. The fourth-order valence-electron chi connectivity index (χ4n) is 2.65. The number of benzene rings is 1. The molecule has 1 atom stereocenters. The molecule has 0 aliphatic rings. The van der Waals surface area contributed by atoms with Gasteiger partial charge in [-0.25, -0.2) is 4.79 Å². The van der Waals surface area contributed by atoms with E-state index in [1.165, 1.54) is 32.1 Å². The second kappa shape index (κ2) is 12.6. The number of hydrogen-bond acceptors (Lipinski definition) is 2. The second-order valence-electron chi connectivity index (χ2n) is 6.23. The Hall–Kier alpha value is -0.830. The minimum Gasteiger partial charge on any atom is -0.459 e. The predicted octanol–water partition coefficient (Wildman–Crippen LogP) is 6.92. The van der Waals surface area contributed by atoms with Gasteiger partial charge in [-0.1, -0.05) is 74.7 Å². The van der Waals surface area contributed by atoms with Crippen LogP contribution >= 0.6 is 15.9 Å². The highest BCUT2D eigenvalue weighted by atomic mass is 79.9. The zero-order chi connectivity index (χ0) is 16.9. The van der Waals surface area contributed by atoms with Crippen molar-refractivity contribution >= 4 is 21.9 Å². The standard InChI is InChI=1S/C20H31BrO2/c1-3-5-7-8-9-10-12-19(11-6-4-2)23-20(22)17-13-15-18(21)16-14-17/h13-16,19H,3-12H2,1-2H3. The van der Waals surface area contributed by atoms with Crippen molar-refractivity contribution in [1.29, 1.82) is 0 Å². The highest BCUT2D eigenvalue weighted by Crippen LogP contribution is 2.18. The van der Waals surface area contributed by atoms with Crippen LogP contribution in [0.5, 0.6) is 0 Å². The summed E-state index contributed by atoms with van der Waals surface area (Å²) in [6, 6.07) is 7.39. The number of esters is 1. The molecule has 0 spiro atoms. The zero-order valence-corrected chi connectivity index (χ0v) is 16.2. The first-order valence-electron chi connectivity index (χ1n) is 9.14. The van der Waals surface area contributed by atoms with E-state index in [0.29, 0.717) is 5.56 Å². The Morgan fingerprint density at radius 1 is 0.913 bits per heavy atom.